The summed E-state index contributed by atoms with van der Waals surface area (Å²) in [4.78, 5) is 25.6. The number of amides is 2. The molecule has 0 heterocycles. The number of nitrogens with one attached hydrogen (secondary N) is 1. The van der Waals surface area contributed by atoms with Gasteiger partial charge in [-0.2, -0.15) is 5.26 Å². The Kier molecular flexibility index (Phi) is 6.15. The van der Waals surface area contributed by atoms with Gasteiger partial charge in [-0.3, -0.25) is 9.59 Å². The normalized spacial score (nSPS) is 10.0. The van der Waals surface area contributed by atoms with Crippen LogP contribution in [0.15, 0.2) is 42.5 Å². The molecule has 6 heteroatoms. The average molecular weight is 356 g/mol. The first-order valence-corrected chi connectivity index (χ1v) is 8.13. The number of anilines is 2. The Hall–Kier alpha value is -2.84. The maximum Gasteiger partial charge on any atom is 0.226 e. The Labute approximate surface area is 151 Å². The average Bonchev–Trinajstić information content (AvgIpc) is 2.59. The molecule has 2 aromatic carbocycles. The summed E-state index contributed by atoms with van der Waals surface area (Å²) in [6.45, 7) is 3.54. The summed E-state index contributed by atoms with van der Waals surface area (Å²) in [6.07, 6.45) is 0.144. The molecule has 0 aliphatic rings. The third-order valence-electron chi connectivity index (χ3n) is 3.77. The van der Waals surface area contributed by atoms with Crippen molar-refractivity contribution in [2.75, 3.05) is 16.8 Å². The number of halogens is 1. The first-order valence-electron chi connectivity index (χ1n) is 7.75. The van der Waals surface area contributed by atoms with Gasteiger partial charge in [0.25, 0.3) is 0 Å². The van der Waals surface area contributed by atoms with Crippen LogP contribution in [0.2, 0.25) is 5.02 Å². The molecule has 0 saturated heterocycles. The van der Waals surface area contributed by atoms with E-state index in [0.717, 1.165) is 5.56 Å². The standard InChI is InChI=1S/C19H18ClN3O2/c1-13-17(20)4-3-5-18(13)23(14(2)24)11-10-19(25)22-16-8-6-15(12-21)7-9-16/h3-9H,10-11H2,1-2H3,(H,22,25). The van der Waals surface area contributed by atoms with Gasteiger partial charge < -0.3 is 10.2 Å². The minimum Gasteiger partial charge on any atom is -0.326 e. The molecule has 0 aliphatic carbocycles. The van der Waals surface area contributed by atoms with Gasteiger partial charge in [-0.1, -0.05) is 17.7 Å². The maximum absolute atomic E-state index is 12.1. The topological polar surface area (TPSA) is 73.2 Å². The van der Waals surface area contributed by atoms with Crippen molar-refractivity contribution < 1.29 is 9.59 Å². The van der Waals surface area contributed by atoms with Crippen molar-refractivity contribution in [1.29, 1.82) is 5.26 Å². The van der Waals surface area contributed by atoms with Crippen LogP contribution in [0.4, 0.5) is 11.4 Å². The van der Waals surface area contributed by atoms with Gasteiger partial charge in [-0.05, 0) is 48.9 Å². The lowest BCUT2D eigenvalue weighted by Gasteiger charge is -2.23. The van der Waals surface area contributed by atoms with Gasteiger partial charge in [-0.15, -0.1) is 0 Å². The van der Waals surface area contributed by atoms with Crippen molar-refractivity contribution in [3.63, 3.8) is 0 Å². The van der Waals surface area contributed by atoms with E-state index in [2.05, 4.69) is 5.32 Å². The van der Waals surface area contributed by atoms with Crippen LogP contribution in [0.1, 0.15) is 24.5 Å². The van der Waals surface area contributed by atoms with E-state index in [9.17, 15) is 9.59 Å². The summed E-state index contributed by atoms with van der Waals surface area (Å²) in [5.41, 5.74) is 2.63. The van der Waals surface area contributed by atoms with E-state index in [1.54, 1.807) is 47.4 Å². The first kappa shape index (κ1) is 18.5. The molecular weight excluding hydrogens is 338 g/mol. The Bertz CT molecular complexity index is 826. The van der Waals surface area contributed by atoms with Crippen LogP contribution in [-0.2, 0) is 9.59 Å². The minimum atomic E-state index is -0.212. The lowest BCUT2D eigenvalue weighted by Crippen LogP contribution is -2.32. The second kappa shape index (κ2) is 8.32. The fraction of sp³-hybridized carbons (Fsp3) is 0.211. The summed E-state index contributed by atoms with van der Waals surface area (Å²) in [7, 11) is 0. The number of benzene rings is 2. The molecule has 0 spiro atoms. The zero-order chi connectivity index (χ0) is 18.4. The van der Waals surface area contributed by atoms with E-state index in [0.29, 0.717) is 22.0 Å². The molecule has 128 valence electrons. The Morgan fingerprint density at radius 3 is 2.48 bits per heavy atom. The molecule has 0 unspecified atom stereocenters. The summed E-state index contributed by atoms with van der Waals surface area (Å²) < 4.78 is 0. The highest BCUT2D eigenvalue weighted by molar-refractivity contribution is 6.31. The molecule has 0 bridgehead atoms. The Balaban J connectivity index is 2.03. The number of hydrogen-bond acceptors (Lipinski definition) is 3. The van der Waals surface area contributed by atoms with Crippen molar-refractivity contribution >= 4 is 34.8 Å². The predicted molar refractivity (Wildman–Crippen MR) is 98.6 cm³/mol. The van der Waals surface area contributed by atoms with E-state index in [1.807, 2.05) is 13.0 Å². The molecule has 0 atom stereocenters. The van der Waals surface area contributed by atoms with Crippen molar-refractivity contribution in [3.05, 3.63) is 58.6 Å². The quantitative estimate of drug-likeness (QED) is 0.883. The lowest BCUT2D eigenvalue weighted by molar-refractivity contribution is -0.117. The molecule has 2 aromatic rings. The van der Waals surface area contributed by atoms with Gasteiger partial charge >= 0.3 is 0 Å². The monoisotopic (exact) mass is 355 g/mol. The van der Waals surface area contributed by atoms with Crippen molar-refractivity contribution in [2.45, 2.75) is 20.3 Å². The van der Waals surface area contributed by atoms with Gasteiger partial charge in [0.05, 0.1) is 11.6 Å². The second-order valence-electron chi connectivity index (χ2n) is 5.54. The Morgan fingerprint density at radius 2 is 1.88 bits per heavy atom. The van der Waals surface area contributed by atoms with Gasteiger partial charge in [0.1, 0.15) is 0 Å². The zero-order valence-corrected chi connectivity index (χ0v) is 14.8. The number of nitriles is 1. The van der Waals surface area contributed by atoms with Crippen molar-refractivity contribution in [3.8, 4) is 6.07 Å². The number of carbonyl (C=O) groups is 2. The van der Waals surface area contributed by atoms with Crippen LogP contribution < -0.4 is 10.2 Å². The highest BCUT2D eigenvalue weighted by Gasteiger charge is 2.16. The fourth-order valence-electron chi connectivity index (χ4n) is 2.40. The third kappa shape index (κ3) is 4.82. The largest absolute Gasteiger partial charge is 0.326 e. The maximum atomic E-state index is 12.1. The van der Waals surface area contributed by atoms with Crippen LogP contribution in [0.25, 0.3) is 0 Å². The zero-order valence-electron chi connectivity index (χ0n) is 14.0. The summed E-state index contributed by atoms with van der Waals surface area (Å²) in [5.74, 6) is -0.368. The Morgan fingerprint density at radius 1 is 1.20 bits per heavy atom. The molecular formula is C19H18ClN3O2. The fourth-order valence-corrected chi connectivity index (χ4v) is 2.57. The highest BCUT2D eigenvalue weighted by Crippen LogP contribution is 2.26. The molecule has 2 rings (SSSR count). The predicted octanol–water partition coefficient (Wildman–Crippen LogP) is 3.90. The van der Waals surface area contributed by atoms with E-state index < -0.39 is 0 Å². The van der Waals surface area contributed by atoms with Crippen LogP contribution >= 0.6 is 11.6 Å². The summed E-state index contributed by atoms with van der Waals surface area (Å²) in [6, 6.07) is 14.0. The van der Waals surface area contributed by atoms with Crippen LogP contribution in [0.5, 0.6) is 0 Å². The van der Waals surface area contributed by atoms with E-state index >= 15 is 0 Å². The van der Waals surface area contributed by atoms with Crippen molar-refractivity contribution in [1.82, 2.24) is 0 Å². The smallest absolute Gasteiger partial charge is 0.226 e. The first-order chi connectivity index (χ1) is 11.9. The SMILES string of the molecule is CC(=O)N(CCC(=O)Nc1ccc(C#N)cc1)c1cccc(Cl)c1C. The van der Waals surface area contributed by atoms with E-state index in [-0.39, 0.29) is 24.8 Å². The van der Waals surface area contributed by atoms with Gasteiger partial charge in [0.15, 0.2) is 0 Å². The number of carbonyl (C=O) groups excluding carboxylic acids is 2. The van der Waals surface area contributed by atoms with Crippen LogP contribution in [0.3, 0.4) is 0 Å². The van der Waals surface area contributed by atoms with Crippen LogP contribution in [0, 0.1) is 18.3 Å². The molecule has 0 saturated carbocycles. The molecule has 0 aromatic heterocycles. The third-order valence-corrected chi connectivity index (χ3v) is 4.18. The molecule has 0 fully saturated rings. The number of hydrogen-bond donors (Lipinski definition) is 1. The molecule has 25 heavy (non-hydrogen) atoms. The second-order valence-corrected chi connectivity index (χ2v) is 5.95. The van der Waals surface area contributed by atoms with Crippen LogP contribution in [-0.4, -0.2) is 18.4 Å². The number of nitrogens with zero attached hydrogens (tertiary/aromatic N) is 2. The summed E-state index contributed by atoms with van der Waals surface area (Å²) in [5, 5.41) is 12.1. The lowest BCUT2D eigenvalue weighted by atomic mass is 10.1. The number of rotatable bonds is 5. The highest BCUT2D eigenvalue weighted by atomic mass is 35.5. The summed E-state index contributed by atoms with van der Waals surface area (Å²) >= 11 is 6.12. The molecule has 5 nitrogen and oxygen atoms in total. The molecule has 0 aliphatic heterocycles. The minimum absolute atomic E-state index is 0.144. The van der Waals surface area contributed by atoms with E-state index in [4.69, 9.17) is 16.9 Å². The molecule has 0 radical (unpaired) electrons. The van der Waals surface area contributed by atoms with Gasteiger partial charge in [-0.25, -0.2) is 0 Å². The van der Waals surface area contributed by atoms with Gasteiger partial charge in [0.2, 0.25) is 11.8 Å². The van der Waals surface area contributed by atoms with Gasteiger partial charge in [0, 0.05) is 36.3 Å². The van der Waals surface area contributed by atoms with E-state index in [1.165, 1.54) is 6.92 Å². The van der Waals surface area contributed by atoms with Crippen molar-refractivity contribution in [2.24, 2.45) is 0 Å². The molecule has 2 amide bonds. The molecule has 1 N–H and O–H groups in total.